The first-order valence-electron chi connectivity index (χ1n) is 3.11. The fourth-order valence-corrected chi connectivity index (χ4v) is 0.979. The van der Waals surface area contributed by atoms with Crippen molar-refractivity contribution in [2.24, 2.45) is 0 Å². The molecule has 0 aliphatic carbocycles. The second kappa shape index (κ2) is 1.88. The summed E-state index contributed by atoms with van der Waals surface area (Å²) in [7, 11) is 0. The molecule has 0 spiro atoms. The highest BCUT2D eigenvalue weighted by atomic mass is 16.5. The Hall–Kier alpha value is -1.71. The number of hydrogen-bond donors (Lipinski definition) is 1. The molecule has 56 valence electrons. The van der Waals surface area contributed by atoms with Gasteiger partial charge in [0.25, 0.3) is 0 Å². The van der Waals surface area contributed by atoms with Gasteiger partial charge >= 0.3 is 0 Å². The third-order valence-electron chi connectivity index (χ3n) is 1.50. The molecule has 0 radical (unpaired) electrons. The van der Waals surface area contributed by atoms with Crippen molar-refractivity contribution in [1.82, 2.24) is 9.71 Å². The Morgan fingerprint density at radius 3 is 3.09 bits per heavy atom. The number of rotatable bonds is 0. The van der Waals surface area contributed by atoms with Crippen molar-refractivity contribution < 1.29 is 10.3 Å². The molecule has 1 aromatic heterocycles. The zero-order valence-corrected chi connectivity index (χ0v) is 5.56. The molecule has 0 aliphatic rings. The lowest BCUT2D eigenvalue weighted by Crippen LogP contribution is -1.89. The lowest BCUT2D eigenvalue weighted by Gasteiger charge is -2.02. The van der Waals surface area contributed by atoms with Crippen LogP contribution in [0.4, 0.5) is 0 Å². The summed E-state index contributed by atoms with van der Waals surface area (Å²) in [4.78, 5) is 3.79. The van der Waals surface area contributed by atoms with Gasteiger partial charge in [-0.05, 0) is 12.1 Å². The summed E-state index contributed by atoms with van der Waals surface area (Å²) in [6.45, 7) is 0. The van der Waals surface area contributed by atoms with Crippen LogP contribution in [0.15, 0.2) is 24.5 Å². The van der Waals surface area contributed by atoms with E-state index >= 15 is 0 Å². The average molecular weight is 149 g/mol. The highest BCUT2D eigenvalue weighted by Crippen LogP contribution is 2.14. The normalized spacial score (nSPS) is 10.5. The number of nitrogens with zero attached hydrogens (tertiary/aromatic N) is 2. The van der Waals surface area contributed by atoms with E-state index in [9.17, 15) is 5.11 Å². The molecule has 0 amide bonds. The van der Waals surface area contributed by atoms with Crippen LogP contribution in [0.5, 0.6) is 5.75 Å². The molecule has 1 aromatic carbocycles. The predicted molar refractivity (Wildman–Crippen MR) is 36.4 cm³/mol. The molecule has 0 aliphatic heterocycles. The van der Waals surface area contributed by atoms with Gasteiger partial charge in [0.15, 0.2) is 0 Å². The molecule has 0 saturated heterocycles. The summed E-state index contributed by atoms with van der Waals surface area (Å²) in [5.41, 5.74) is 1.06. The van der Waals surface area contributed by atoms with Gasteiger partial charge in [-0.15, -0.1) is 5.75 Å². The van der Waals surface area contributed by atoms with Gasteiger partial charge in [0.2, 0.25) is 0 Å². The maximum absolute atomic E-state index is 10.8. The van der Waals surface area contributed by atoms with Gasteiger partial charge in [0.05, 0.1) is 5.52 Å². The average Bonchev–Trinajstić information content (AvgIpc) is 2.32. The molecule has 1 heterocycles. The summed E-state index contributed by atoms with van der Waals surface area (Å²) in [6, 6.07) is 4.30. The third-order valence-corrected chi connectivity index (χ3v) is 1.50. The van der Waals surface area contributed by atoms with Crippen molar-refractivity contribution in [3.63, 3.8) is 0 Å². The van der Waals surface area contributed by atoms with E-state index in [0.29, 0.717) is 11.0 Å². The zero-order valence-electron chi connectivity index (χ0n) is 5.56. The number of imidazole rings is 1. The Balaban J connectivity index is 2.86. The summed E-state index contributed by atoms with van der Waals surface area (Å²) < 4.78 is 0.884. The molecule has 0 fully saturated rings. The van der Waals surface area contributed by atoms with Gasteiger partial charge in [-0.3, -0.25) is 0 Å². The third kappa shape index (κ3) is 0.797. The molecule has 0 saturated carbocycles. The van der Waals surface area contributed by atoms with Crippen LogP contribution in [-0.4, -0.2) is 14.9 Å². The lowest BCUT2D eigenvalue weighted by atomic mass is 10.3. The van der Waals surface area contributed by atoms with E-state index in [-0.39, 0.29) is 5.75 Å². The van der Waals surface area contributed by atoms with Gasteiger partial charge in [-0.2, -0.15) is 4.73 Å². The quantitative estimate of drug-likeness (QED) is 0.549. The van der Waals surface area contributed by atoms with Crippen LogP contribution >= 0.6 is 0 Å². The molecule has 4 heteroatoms. The Labute approximate surface area is 62.3 Å². The highest BCUT2D eigenvalue weighted by Gasteiger charge is 1.97. The van der Waals surface area contributed by atoms with E-state index in [1.807, 2.05) is 0 Å². The van der Waals surface area contributed by atoms with Crippen LogP contribution in [-0.2, 0) is 0 Å². The van der Waals surface area contributed by atoms with E-state index in [0.717, 1.165) is 4.73 Å². The molecule has 0 bridgehead atoms. The maximum atomic E-state index is 10.8. The van der Waals surface area contributed by atoms with Crippen LogP contribution in [0.1, 0.15) is 0 Å². The second-order valence-electron chi connectivity index (χ2n) is 2.24. The molecule has 0 atom stereocenters. The van der Waals surface area contributed by atoms with Crippen LogP contribution in [0, 0.1) is 0 Å². The van der Waals surface area contributed by atoms with Crippen molar-refractivity contribution in [2.45, 2.75) is 0 Å². The van der Waals surface area contributed by atoms with E-state index in [1.54, 1.807) is 0 Å². The van der Waals surface area contributed by atoms with Crippen molar-refractivity contribution in [3.8, 4) is 5.75 Å². The molecule has 2 rings (SSSR count). The fourth-order valence-electron chi connectivity index (χ4n) is 0.979. The smallest absolute Gasteiger partial charge is 0.133 e. The molecule has 11 heavy (non-hydrogen) atoms. The van der Waals surface area contributed by atoms with Crippen LogP contribution in [0.2, 0.25) is 0 Å². The number of aromatic nitrogens is 2. The molecular weight excluding hydrogens is 144 g/mol. The standard InChI is InChI=1S/C7H6N2O2/c10-5-1-2-7-6(3-5)8-4-9(7)11/h1-4,10-11H/p-1. The summed E-state index contributed by atoms with van der Waals surface area (Å²) in [5, 5.41) is 19.8. The first kappa shape index (κ1) is 6.03. The largest absolute Gasteiger partial charge is 0.872 e. The first-order valence-corrected chi connectivity index (χ1v) is 3.11. The minimum atomic E-state index is -0.101. The monoisotopic (exact) mass is 149 g/mol. The van der Waals surface area contributed by atoms with Crippen molar-refractivity contribution in [2.75, 3.05) is 0 Å². The Morgan fingerprint density at radius 2 is 2.27 bits per heavy atom. The van der Waals surface area contributed by atoms with E-state index in [4.69, 9.17) is 5.21 Å². The van der Waals surface area contributed by atoms with E-state index in [2.05, 4.69) is 4.98 Å². The molecule has 4 nitrogen and oxygen atoms in total. The fraction of sp³-hybridized carbons (Fsp3) is 0. The highest BCUT2D eigenvalue weighted by molar-refractivity contribution is 5.76. The SMILES string of the molecule is [O-]c1ccc2c(c1)ncn2O. The lowest BCUT2D eigenvalue weighted by molar-refractivity contribution is -0.268. The molecule has 0 unspecified atom stereocenters. The maximum Gasteiger partial charge on any atom is 0.133 e. The van der Waals surface area contributed by atoms with E-state index < -0.39 is 0 Å². The Morgan fingerprint density at radius 1 is 1.45 bits per heavy atom. The molecule has 2 aromatic rings. The van der Waals surface area contributed by atoms with Gasteiger partial charge < -0.3 is 10.3 Å². The minimum Gasteiger partial charge on any atom is -0.872 e. The Bertz CT molecular complexity index is 394. The van der Waals surface area contributed by atoms with Crippen LogP contribution in [0.3, 0.4) is 0 Å². The van der Waals surface area contributed by atoms with E-state index in [1.165, 1.54) is 24.5 Å². The Kier molecular flexibility index (Phi) is 1.03. The molecular formula is C7H5N2O2-. The van der Waals surface area contributed by atoms with Gasteiger partial charge in [0.1, 0.15) is 11.8 Å². The first-order chi connectivity index (χ1) is 5.27. The second-order valence-corrected chi connectivity index (χ2v) is 2.24. The van der Waals surface area contributed by atoms with Crippen molar-refractivity contribution in [3.05, 3.63) is 24.5 Å². The molecule has 1 N–H and O–H groups in total. The number of hydrogen-bond acceptors (Lipinski definition) is 3. The summed E-state index contributed by atoms with van der Waals surface area (Å²) in [6.07, 6.45) is 1.25. The minimum absolute atomic E-state index is 0.101. The predicted octanol–water partition coefficient (Wildman–Crippen LogP) is 0.347. The van der Waals surface area contributed by atoms with Crippen LogP contribution in [0.25, 0.3) is 11.0 Å². The number of benzene rings is 1. The van der Waals surface area contributed by atoms with Gasteiger partial charge in [-0.1, -0.05) is 6.07 Å². The van der Waals surface area contributed by atoms with Crippen molar-refractivity contribution in [1.29, 1.82) is 0 Å². The number of fused-ring (bicyclic) bond motifs is 1. The topological polar surface area (TPSA) is 61.1 Å². The zero-order chi connectivity index (χ0) is 7.84. The van der Waals surface area contributed by atoms with Crippen LogP contribution < -0.4 is 5.11 Å². The van der Waals surface area contributed by atoms with Gasteiger partial charge in [-0.25, -0.2) is 4.98 Å². The summed E-state index contributed by atoms with van der Waals surface area (Å²) >= 11 is 0. The van der Waals surface area contributed by atoms with Gasteiger partial charge in [0, 0.05) is 0 Å². The van der Waals surface area contributed by atoms with Crippen molar-refractivity contribution >= 4 is 11.0 Å². The summed E-state index contributed by atoms with van der Waals surface area (Å²) in [5.74, 6) is -0.101.